The summed E-state index contributed by atoms with van der Waals surface area (Å²) in [6, 6.07) is 10.0. The second kappa shape index (κ2) is 14.0. The molecule has 2 aliphatic heterocycles. The third-order valence-electron chi connectivity index (χ3n) is 8.14. The van der Waals surface area contributed by atoms with Crippen LogP contribution in [0.4, 0.5) is 17.2 Å². The van der Waals surface area contributed by atoms with Gasteiger partial charge >= 0.3 is 0 Å². The molecule has 0 aliphatic carbocycles. The van der Waals surface area contributed by atoms with Gasteiger partial charge in [-0.15, -0.1) is 0 Å². The maximum Gasteiger partial charge on any atom is 0.291 e. The van der Waals surface area contributed by atoms with Crippen LogP contribution in [0, 0.1) is 0 Å². The number of aliphatic imine (C=N–C) groups is 1. The summed E-state index contributed by atoms with van der Waals surface area (Å²) in [6.45, 7) is 3.43. The number of imidazole rings is 1. The number of nitrogens with zero attached hydrogens (tertiary/aromatic N) is 4. The first-order valence-corrected chi connectivity index (χ1v) is 15.9. The van der Waals surface area contributed by atoms with Crippen molar-refractivity contribution >= 4 is 58.0 Å². The molecule has 3 N–H and O–H groups in total. The van der Waals surface area contributed by atoms with Crippen molar-refractivity contribution in [1.82, 2.24) is 19.8 Å². The van der Waals surface area contributed by atoms with Crippen LogP contribution in [0.25, 0.3) is 11.0 Å². The molecule has 1 saturated heterocycles. The molecule has 2 aromatic carbocycles. The average Bonchev–Trinajstić information content (AvgIpc) is 3.80. The second-order valence-electron chi connectivity index (χ2n) is 11.6. The van der Waals surface area contributed by atoms with Crippen molar-refractivity contribution in [2.24, 2.45) is 12.0 Å². The smallest absolute Gasteiger partial charge is 0.291 e. The monoisotopic (exact) mass is 655 g/mol. The van der Waals surface area contributed by atoms with Crippen LogP contribution < -0.4 is 25.4 Å². The Balaban J connectivity index is 1.01. The minimum Gasteiger partial charge on any atom is -0.493 e. The largest absolute Gasteiger partial charge is 0.493 e. The standard InChI is InChI=1S/C34H37N7O7/c1-4-11-35-32(43)28-15-20-14-21(9-10-25(20)48-28)37-33(44)31-39-29(19-40(31)2)38-30(42)8-6-13-47-27-17-24-23(16-26(27)46-3)34(45)41-12-5-7-22(41)18-36-24/h9-10,14-19,22H,4-8,11-13H2,1-3H3,(H,35,43)(H,37,44)(H,38,42)/t22-/m0/s1. The van der Waals surface area contributed by atoms with Crippen molar-refractivity contribution in [3.8, 4) is 11.5 Å². The van der Waals surface area contributed by atoms with Crippen molar-refractivity contribution in [1.29, 1.82) is 0 Å². The molecule has 0 radical (unpaired) electrons. The highest BCUT2D eigenvalue weighted by molar-refractivity contribution is 6.05. The first kappa shape index (κ1) is 32.3. The molecule has 14 heteroatoms. The van der Waals surface area contributed by atoms with Gasteiger partial charge in [0.25, 0.3) is 17.7 Å². The third-order valence-corrected chi connectivity index (χ3v) is 8.14. The van der Waals surface area contributed by atoms with Gasteiger partial charge in [0, 0.05) is 56.1 Å². The molecule has 48 heavy (non-hydrogen) atoms. The van der Waals surface area contributed by atoms with Crippen molar-refractivity contribution in [2.45, 2.75) is 45.1 Å². The van der Waals surface area contributed by atoms with Gasteiger partial charge in [-0.05, 0) is 56.0 Å². The molecule has 0 bridgehead atoms. The Hall–Kier alpha value is -5.66. The quantitative estimate of drug-likeness (QED) is 0.185. The Bertz CT molecular complexity index is 1910. The van der Waals surface area contributed by atoms with E-state index in [0.29, 0.717) is 58.9 Å². The van der Waals surface area contributed by atoms with Crippen molar-refractivity contribution in [3.05, 3.63) is 59.7 Å². The van der Waals surface area contributed by atoms with E-state index in [2.05, 4.69) is 25.9 Å². The number of ether oxygens (including phenoxy) is 2. The van der Waals surface area contributed by atoms with Gasteiger partial charge in [0.15, 0.2) is 23.1 Å². The van der Waals surface area contributed by atoms with Gasteiger partial charge in [0.1, 0.15) is 5.58 Å². The SMILES string of the molecule is CCCNC(=O)c1cc2cc(NC(=O)c3nc(NC(=O)CCCOc4cc5c(cc4OC)C(=O)N4CCC[C@H]4C=N5)cn3C)ccc2o1. The Morgan fingerprint density at radius 1 is 1.08 bits per heavy atom. The fourth-order valence-electron chi connectivity index (χ4n) is 5.72. The van der Waals surface area contributed by atoms with E-state index in [1.165, 1.54) is 11.7 Å². The molecular formula is C34H37N7O7. The number of hydrogen-bond acceptors (Lipinski definition) is 9. The molecule has 4 aromatic rings. The van der Waals surface area contributed by atoms with E-state index in [4.69, 9.17) is 13.9 Å². The van der Waals surface area contributed by atoms with Gasteiger partial charge in [-0.2, -0.15) is 0 Å². The number of aryl methyl sites for hydroxylation is 1. The number of carbonyl (C=O) groups excluding carboxylic acids is 4. The van der Waals surface area contributed by atoms with Crippen LogP contribution in [0.5, 0.6) is 11.5 Å². The molecule has 14 nitrogen and oxygen atoms in total. The van der Waals surface area contributed by atoms with E-state index in [-0.39, 0.29) is 54.2 Å². The number of methoxy groups -OCH3 is 1. The van der Waals surface area contributed by atoms with Gasteiger partial charge in [-0.25, -0.2) is 4.98 Å². The molecule has 6 rings (SSSR count). The normalized spacial score (nSPS) is 15.1. The molecule has 250 valence electrons. The summed E-state index contributed by atoms with van der Waals surface area (Å²) in [5.41, 5.74) is 2.02. The zero-order chi connectivity index (χ0) is 33.8. The van der Waals surface area contributed by atoms with Gasteiger partial charge in [0.05, 0.1) is 31.0 Å². The summed E-state index contributed by atoms with van der Waals surface area (Å²) < 4.78 is 18.6. The number of furan rings is 1. The molecule has 4 amide bonds. The first-order chi connectivity index (χ1) is 23.2. The molecule has 0 unspecified atom stereocenters. The zero-order valence-corrected chi connectivity index (χ0v) is 27.0. The van der Waals surface area contributed by atoms with Crippen LogP contribution in [-0.2, 0) is 11.8 Å². The molecule has 0 spiro atoms. The van der Waals surface area contributed by atoms with Crippen LogP contribution >= 0.6 is 0 Å². The van der Waals surface area contributed by atoms with Gasteiger partial charge < -0.3 is 39.3 Å². The molecule has 0 saturated carbocycles. The molecular weight excluding hydrogens is 618 g/mol. The minimum atomic E-state index is -0.476. The second-order valence-corrected chi connectivity index (χ2v) is 11.6. The Labute approximate surface area is 276 Å². The highest BCUT2D eigenvalue weighted by Gasteiger charge is 2.32. The predicted octanol–water partition coefficient (Wildman–Crippen LogP) is 4.69. The van der Waals surface area contributed by atoms with Crippen molar-refractivity contribution < 1.29 is 33.1 Å². The maximum atomic E-state index is 13.1. The number of aromatic nitrogens is 2. The molecule has 4 heterocycles. The molecule has 1 fully saturated rings. The van der Waals surface area contributed by atoms with Crippen LogP contribution in [0.3, 0.4) is 0 Å². The van der Waals surface area contributed by atoms with E-state index >= 15 is 0 Å². The van der Waals surface area contributed by atoms with Crippen LogP contribution in [0.2, 0.25) is 0 Å². The Kier molecular flexibility index (Phi) is 9.41. The van der Waals surface area contributed by atoms with Gasteiger partial charge in [-0.1, -0.05) is 6.92 Å². The summed E-state index contributed by atoms with van der Waals surface area (Å²) in [6.07, 6.45) is 6.56. The number of benzene rings is 2. The fraction of sp³-hybridized carbons (Fsp3) is 0.353. The van der Waals surface area contributed by atoms with Gasteiger partial charge in [0.2, 0.25) is 11.7 Å². The number of carbonyl (C=O) groups is 4. The highest BCUT2D eigenvalue weighted by atomic mass is 16.5. The number of nitrogens with one attached hydrogen (secondary N) is 3. The molecule has 2 aromatic heterocycles. The van der Waals surface area contributed by atoms with Crippen LogP contribution in [-0.4, -0.2) is 77.1 Å². The number of anilines is 2. The van der Waals surface area contributed by atoms with E-state index in [9.17, 15) is 19.2 Å². The van der Waals surface area contributed by atoms with Crippen molar-refractivity contribution in [3.63, 3.8) is 0 Å². The van der Waals surface area contributed by atoms with Gasteiger partial charge in [-0.3, -0.25) is 24.2 Å². The summed E-state index contributed by atoms with van der Waals surface area (Å²) in [4.78, 5) is 61.7. The topological polar surface area (TPSA) is 169 Å². The number of rotatable bonds is 12. The summed E-state index contributed by atoms with van der Waals surface area (Å²) >= 11 is 0. The lowest BCUT2D eigenvalue weighted by molar-refractivity contribution is -0.116. The lowest BCUT2D eigenvalue weighted by Gasteiger charge is -2.20. The molecule has 1 atom stereocenters. The zero-order valence-electron chi connectivity index (χ0n) is 27.0. The predicted molar refractivity (Wildman–Crippen MR) is 179 cm³/mol. The lowest BCUT2D eigenvalue weighted by atomic mass is 10.1. The van der Waals surface area contributed by atoms with E-state index < -0.39 is 5.91 Å². The number of amides is 4. The third kappa shape index (κ3) is 6.87. The highest BCUT2D eigenvalue weighted by Crippen LogP contribution is 2.38. The molecule has 2 aliphatic rings. The van der Waals surface area contributed by atoms with E-state index in [0.717, 1.165) is 19.3 Å². The first-order valence-electron chi connectivity index (χ1n) is 15.9. The fourth-order valence-corrected chi connectivity index (χ4v) is 5.72. The number of hydrogen-bond donors (Lipinski definition) is 3. The van der Waals surface area contributed by atoms with E-state index in [1.54, 1.807) is 49.6 Å². The average molecular weight is 656 g/mol. The van der Waals surface area contributed by atoms with E-state index in [1.807, 2.05) is 18.0 Å². The van der Waals surface area contributed by atoms with Crippen molar-refractivity contribution in [2.75, 3.05) is 37.4 Å². The summed E-state index contributed by atoms with van der Waals surface area (Å²) in [5, 5.41) is 8.96. The summed E-state index contributed by atoms with van der Waals surface area (Å²) in [5.74, 6) is 0.244. The Morgan fingerprint density at radius 3 is 2.75 bits per heavy atom. The Morgan fingerprint density at radius 2 is 1.94 bits per heavy atom. The maximum absolute atomic E-state index is 13.1. The lowest BCUT2D eigenvalue weighted by Crippen LogP contribution is -2.35. The van der Waals surface area contributed by atoms with Crippen LogP contribution in [0.15, 0.2) is 52.0 Å². The summed E-state index contributed by atoms with van der Waals surface area (Å²) in [7, 11) is 3.16. The van der Waals surface area contributed by atoms with Crippen LogP contribution in [0.1, 0.15) is 70.6 Å². The number of fused-ring (bicyclic) bond motifs is 3. The minimum absolute atomic E-state index is 0.00155.